The van der Waals surface area contributed by atoms with Gasteiger partial charge in [-0.1, -0.05) is 23.2 Å². The molecule has 0 unspecified atom stereocenters. The number of amides is 1. The van der Waals surface area contributed by atoms with E-state index in [-0.39, 0.29) is 19.1 Å². The normalized spacial score (nSPS) is 10.4. The fourth-order valence-electron chi connectivity index (χ4n) is 2.56. The number of methoxy groups -OCH3 is 1. The van der Waals surface area contributed by atoms with Crippen LogP contribution in [0, 0.1) is 0 Å². The number of nitrogens with two attached hydrogens (primary N) is 1. The molecule has 0 saturated carbocycles. The molecule has 2 N–H and O–H groups in total. The summed E-state index contributed by atoms with van der Waals surface area (Å²) in [6.45, 7) is -0.0845. The third kappa shape index (κ3) is 5.28. The fourth-order valence-corrected chi connectivity index (χ4v) is 2.93. The standard InChI is InChI=1S/C20H18Cl2N4O3/c1-28-19-5-3-15(9-25-19)29-12-20(27)26(18-10-24-7-6-17(18)23)11-13-8-14(21)2-4-16(13)22/h2-10H,11-12H2,1H3,(H2,23,24). The number of halogens is 2. The molecule has 29 heavy (non-hydrogen) atoms. The Balaban J connectivity index is 1.82. The number of nitrogen functional groups attached to an aromatic ring is 1. The highest BCUT2D eigenvalue weighted by atomic mass is 35.5. The molecule has 0 spiro atoms. The van der Waals surface area contributed by atoms with Crippen molar-refractivity contribution in [2.24, 2.45) is 0 Å². The molecule has 2 heterocycles. The Labute approximate surface area is 178 Å². The summed E-state index contributed by atoms with van der Waals surface area (Å²) in [6.07, 6.45) is 4.54. The van der Waals surface area contributed by atoms with Crippen LogP contribution < -0.4 is 20.1 Å². The number of rotatable bonds is 7. The van der Waals surface area contributed by atoms with E-state index in [0.29, 0.717) is 38.6 Å². The quantitative estimate of drug-likeness (QED) is 0.606. The van der Waals surface area contributed by atoms with Gasteiger partial charge in [0.15, 0.2) is 6.61 Å². The van der Waals surface area contributed by atoms with Gasteiger partial charge in [0.25, 0.3) is 5.91 Å². The molecule has 0 radical (unpaired) electrons. The third-order valence-corrected chi connectivity index (χ3v) is 4.65. The van der Waals surface area contributed by atoms with Crippen molar-refractivity contribution in [3.05, 3.63) is 70.6 Å². The molecule has 1 amide bonds. The molecular weight excluding hydrogens is 415 g/mol. The van der Waals surface area contributed by atoms with E-state index in [4.69, 9.17) is 38.4 Å². The van der Waals surface area contributed by atoms with E-state index in [1.165, 1.54) is 24.4 Å². The zero-order chi connectivity index (χ0) is 20.8. The van der Waals surface area contributed by atoms with Crippen molar-refractivity contribution in [1.82, 2.24) is 9.97 Å². The molecule has 7 nitrogen and oxygen atoms in total. The molecule has 0 bridgehead atoms. The molecule has 0 atom stereocenters. The molecule has 0 aliphatic heterocycles. The second kappa shape index (κ2) is 9.45. The molecule has 0 saturated heterocycles. The van der Waals surface area contributed by atoms with Crippen molar-refractivity contribution in [1.29, 1.82) is 0 Å². The van der Waals surface area contributed by atoms with Crippen molar-refractivity contribution < 1.29 is 14.3 Å². The number of carbonyl (C=O) groups excluding carboxylic acids is 1. The van der Waals surface area contributed by atoms with E-state index in [9.17, 15) is 4.79 Å². The third-order valence-electron chi connectivity index (χ3n) is 4.04. The topological polar surface area (TPSA) is 90.6 Å². The van der Waals surface area contributed by atoms with Crippen LogP contribution in [-0.4, -0.2) is 29.6 Å². The number of aromatic nitrogens is 2. The molecule has 0 aliphatic rings. The smallest absolute Gasteiger partial charge is 0.265 e. The first-order chi connectivity index (χ1) is 14.0. The van der Waals surface area contributed by atoms with Crippen molar-refractivity contribution in [3.63, 3.8) is 0 Å². The lowest BCUT2D eigenvalue weighted by Crippen LogP contribution is -2.35. The maximum absolute atomic E-state index is 13.0. The summed E-state index contributed by atoms with van der Waals surface area (Å²) in [5.74, 6) is 0.541. The van der Waals surface area contributed by atoms with Crippen molar-refractivity contribution in [2.45, 2.75) is 6.54 Å². The van der Waals surface area contributed by atoms with Crippen LogP contribution in [0.5, 0.6) is 11.6 Å². The predicted molar refractivity (Wildman–Crippen MR) is 113 cm³/mol. The Bertz CT molecular complexity index is 999. The van der Waals surface area contributed by atoms with E-state index in [1.54, 1.807) is 42.6 Å². The van der Waals surface area contributed by atoms with Crippen molar-refractivity contribution in [3.8, 4) is 11.6 Å². The van der Waals surface area contributed by atoms with Gasteiger partial charge in [-0.15, -0.1) is 0 Å². The SMILES string of the molecule is COc1ccc(OCC(=O)N(Cc2cc(Cl)ccc2Cl)c2cnccc2N)cn1. The lowest BCUT2D eigenvalue weighted by molar-refractivity contribution is -0.120. The minimum Gasteiger partial charge on any atom is -0.482 e. The molecule has 2 aromatic heterocycles. The maximum atomic E-state index is 13.0. The summed E-state index contributed by atoms with van der Waals surface area (Å²) < 4.78 is 10.6. The highest BCUT2D eigenvalue weighted by Crippen LogP contribution is 2.28. The predicted octanol–water partition coefficient (Wildman–Crippen LogP) is 3.99. The van der Waals surface area contributed by atoms with Crippen LogP contribution in [0.25, 0.3) is 0 Å². The fraction of sp³-hybridized carbons (Fsp3) is 0.150. The number of nitrogens with zero attached hydrogens (tertiary/aromatic N) is 3. The molecule has 3 aromatic rings. The van der Waals surface area contributed by atoms with Gasteiger partial charge in [0.05, 0.1) is 37.4 Å². The molecular formula is C20H18Cl2N4O3. The van der Waals surface area contributed by atoms with Gasteiger partial charge in [-0.2, -0.15) is 0 Å². The average Bonchev–Trinajstić information content (AvgIpc) is 2.73. The van der Waals surface area contributed by atoms with Crippen LogP contribution in [0.3, 0.4) is 0 Å². The van der Waals surface area contributed by atoms with Crippen LogP contribution in [0.2, 0.25) is 10.0 Å². The first-order valence-electron chi connectivity index (χ1n) is 8.54. The van der Waals surface area contributed by atoms with Crippen LogP contribution in [-0.2, 0) is 11.3 Å². The molecule has 9 heteroatoms. The Morgan fingerprint density at radius 2 is 2.00 bits per heavy atom. The number of carbonyl (C=O) groups is 1. The minimum atomic E-state index is -0.337. The van der Waals surface area contributed by atoms with Crippen LogP contribution in [0.1, 0.15) is 5.56 Å². The second-order valence-electron chi connectivity index (χ2n) is 5.98. The number of ether oxygens (including phenoxy) is 2. The summed E-state index contributed by atoms with van der Waals surface area (Å²) >= 11 is 12.4. The monoisotopic (exact) mass is 432 g/mol. The lowest BCUT2D eigenvalue weighted by atomic mass is 10.2. The molecule has 150 valence electrons. The number of anilines is 2. The van der Waals surface area contributed by atoms with Gasteiger partial charge in [0, 0.05) is 22.3 Å². The highest BCUT2D eigenvalue weighted by Gasteiger charge is 2.21. The van der Waals surface area contributed by atoms with Gasteiger partial charge in [-0.25, -0.2) is 4.98 Å². The summed E-state index contributed by atoms with van der Waals surface area (Å²) in [5.41, 5.74) is 7.58. The Kier molecular flexibility index (Phi) is 6.74. The number of hydrogen-bond acceptors (Lipinski definition) is 6. The molecule has 3 rings (SSSR count). The van der Waals surface area contributed by atoms with Gasteiger partial charge in [-0.05, 0) is 35.9 Å². The average molecular weight is 433 g/mol. The van der Waals surface area contributed by atoms with E-state index >= 15 is 0 Å². The lowest BCUT2D eigenvalue weighted by Gasteiger charge is -2.24. The largest absolute Gasteiger partial charge is 0.482 e. The molecule has 0 aliphatic carbocycles. The first-order valence-corrected chi connectivity index (χ1v) is 9.30. The van der Waals surface area contributed by atoms with Crippen LogP contribution >= 0.6 is 23.2 Å². The minimum absolute atomic E-state index is 0.151. The van der Waals surface area contributed by atoms with Crippen LogP contribution in [0.15, 0.2) is 55.0 Å². The Morgan fingerprint density at radius 3 is 2.69 bits per heavy atom. The van der Waals surface area contributed by atoms with Gasteiger partial charge < -0.3 is 20.1 Å². The van der Waals surface area contributed by atoms with Crippen molar-refractivity contribution >= 4 is 40.5 Å². The summed E-state index contributed by atoms with van der Waals surface area (Å²) in [4.78, 5) is 22.6. The van der Waals surface area contributed by atoms with Gasteiger partial charge >= 0.3 is 0 Å². The van der Waals surface area contributed by atoms with Gasteiger partial charge in [0.2, 0.25) is 5.88 Å². The summed E-state index contributed by atoms with van der Waals surface area (Å²) in [5, 5.41) is 0.992. The van der Waals surface area contributed by atoms with E-state index in [1.807, 2.05) is 0 Å². The van der Waals surface area contributed by atoms with Gasteiger partial charge in [0.1, 0.15) is 5.75 Å². The Morgan fingerprint density at radius 1 is 1.17 bits per heavy atom. The Hall–Kier alpha value is -3.03. The summed E-state index contributed by atoms with van der Waals surface area (Å²) in [7, 11) is 1.52. The van der Waals surface area contributed by atoms with E-state index in [0.717, 1.165) is 0 Å². The zero-order valence-corrected chi connectivity index (χ0v) is 17.0. The summed E-state index contributed by atoms with van der Waals surface area (Å²) in [6, 6.07) is 9.97. The van der Waals surface area contributed by atoms with E-state index in [2.05, 4.69) is 9.97 Å². The highest BCUT2D eigenvalue weighted by molar-refractivity contribution is 6.33. The van der Waals surface area contributed by atoms with E-state index < -0.39 is 0 Å². The first kappa shape index (κ1) is 20.7. The van der Waals surface area contributed by atoms with Crippen molar-refractivity contribution in [2.75, 3.05) is 24.4 Å². The second-order valence-corrected chi connectivity index (χ2v) is 6.82. The maximum Gasteiger partial charge on any atom is 0.265 e. The molecule has 1 aromatic carbocycles. The zero-order valence-electron chi connectivity index (χ0n) is 15.5. The molecule has 0 fully saturated rings. The van der Waals surface area contributed by atoms with Gasteiger partial charge in [-0.3, -0.25) is 9.78 Å². The number of benzene rings is 1. The number of pyridine rings is 2. The van der Waals surface area contributed by atoms with Crippen LogP contribution in [0.4, 0.5) is 11.4 Å². The number of hydrogen-bond donors (Lipinski definition) is 1.